The normalized spacial score (nSPS) is 9.25. The largest absolute Gasteiger partial charge is 0.551 e. The second-order valence-corrected chi connectivity index (χ2v) is 1.15. The Morgan fingerprint density at radius 1 is 1.62 bits per heavy atom. The smallest absolute Gasteiger partial charge is 0.431 e. The van der Waals surface area contributed by atoms with Crippen molar-refractivity contribution in [3.63, 3.8) is 0 Å². The van der Waals surface area contributed by atoms with Crippen LogP contribution in [0.4, 0.5) is 0 Å². The first-order valence-electron chi connectivity index (χ1n) is 1.93. The molecule has 0 aromatic carbocycles. The summed E-state index contributed by atoms with van der Waals surface area (Å²) in [6, 6.07) is 0. The lowest BCUT2D eigenvalue weighted by Crippen LogP contribution is -2.30. The lowest BCUT2D eigenvalue weighted by atomic mass is 9.93. The van der Waals surface area contributed by atoms with Gasteiger partial charge in [-0.2, -0.15) is 0 Å². The molecule has 1 heterocycles. The zero-order valence-corrected chi connectivity index (χ0v) is 3.85. The van der Waals surface area contributed by atoms with Gasteiger partial charge in [0.1, 0.15) is 0 Å². The van der Waals surface area contributed by atoms with E-state index in [2.05, 4.69) is 14.6 Å². The van der Waals surface area contributed by atoms with Crippen molar-refractivity contribution >= 4 is 12.9 Å². The summed E-state index contributed by atoms with van der Waals surface area (Å²) < 4.78 is 4.37. The molecule has 1 aromatic heterocycles. The molecule has 0 saturated carbocycles. The highest BCUT2D eigenvalue weighted by Crippen LogP contribution is 1.70. The van der Waals surface area contributed by atoms with Gasteiger partial charge in [0.15, 0.2) is 0 Å². The predicted molar refractivity (Wildman–Crippen MR) is 24.1 cm³/mol. The molecule has 0 amide bonds. The van der Waals surface area contributed by atoms with Crippen LogP contribution in [0, 0.1) is 0 Å². The van der Waals surface area contributed by atoms with Crippen molar-refractivity contribution in [1.82, 2.24) is 10.2 Å². The lowest BCUT2D eigenvalue weighted by molar-refractivity contribution is 0.406. The molecule has 0 atom stereocenters. The van der Waals surface area contributed by atoms with E-state index in [-0.39, 0.29) is 5.79 Å². The Hall–Kier alpha value is -0.875. The molecule has 0 bridgehead atoms. The van der Waals surface area contributed by atoms with Crippen LogP contribution in [0.1, 0.15) is 0 Å². The Labute approximate surface area is 45.1 Å². The van der Waals surface area contributed by atoms with Crippen molar-refractivity contribution in [3.05, 3.63) is 6.39 Å². The summed E-state index contributed by atoms with van der Waals surface area (Å²) in [4.78, 5) is 0. The van der Waals surface area contributed by atoms with Crippen LogP contribution in [0.2, 0.25) is 0 Å². The minimum Gasteiger partial charge on any atom is -0.431 e. The zero-order chi connectivity index (χ0) is 5.98. The SMILES string of the molecule is OB(O)c1nnco1. The molecular formula is C2H3BN2O3. The molecule has 42 valence electrons. The van der Waals surface area contributed by atoms with Gasteiger partial charge in [0.25, 0.3) is 0 Å². The van der Waals surface area contributed by atoms with E-state index in [0.29, 0.717) is 0 Å². The quantitative estimate of drug-likeness (QED) is 0.403. The number of hydrogen-bond donors (Lipinski definition) is 2. The first-order chi connectivity index (χ1) is 3.80. The number of aromatic nitrogens is 2. The second-order valence-electron chi connectivity index (χ2n) is 1.15. The fourth-order valence-corrected chi connectivity index (χ4v) is 0.294. The molecule has 1 rings (SSSR count). The van der Waals surface area contributed by atoms with Crippen molar-refractivity contribution in [1.29, 1.82) is 0 Å². The molecule has 5 nitrogen and oxygen atoms in total. The molecular weight excluding hydrogens is 111 g/mol. The van der Waals surface area contributed by atoms with Crippen LogP contribution in [-0.2, 0) is 0 Å². The van der Waals surface area contributed by atoms with E-state index in [0.717, 1.165) is 6.39 Å². The standard InChI is InChI=1S/C2H3BN2O3/c6-3(7)2-5-4-1-8-2/h1,6-7H. The highest BCUT2D eigenvalue weighted by atomic mass is 16.4. The Kier molecular flexibility index (Phi) is 1.27. The number of rotatable bonds is 1. The van der Waals surface area contributed by atoms with Crippen molar-refractivity contribution in [3.8, 4) is 0 Å². The fourth-order valence-electron chi connectivity index (χ4n) is 0.294. The van der Waals surface area contributed by atoms with Gasteiger partial charge in [-0.25, -0.2) is 0 Å². The zero-order valence-electron chi connectivity index (χ0n) is 3.85. The van der Waals surface area contributed by atoms with E-state index >= 15 is 0 Å². The van der Waals surface area contributed by atoms with Crippen molar-refractivity contribution < 1.29 is 14.5 Å². The van der Waals surface area contributed by atoms with Gasteiger partial charge in [0.05, 0.1) is 0 Å². The van der Waals surface area contributed by atoms with Crippen LogP contribution in [0.3, 0.4) is 0 Å². The fraction of sp³-hybridized carbons (Fsp3) is 0. The van der Waals surface area contributed by atoms with Crippen LogP contribution in [0.5, 0.6) is 0 Å². The van der Waals surface area contributed by atoms with Gasteiger partial charge < -0.3 is 14.5 Å². The Morgan fingerprint density at radius 2 is 2.38 bits per heavy atom. The third-order valence-electron chi connectivity index (χ3n) is 0.598. The summed E-state index contributed by atoms with van der Waals surface area (Å²) in [6.07, 6.45) is 1.02. The Balaban J connectivity index is 2.77. The van der Waals surface area contributed by atoms with Gasteiger partial charge in [-0.3, -0.25) is 0 Å². The molecule has 0 aliphatic heterocycles. The summed E-state index contributed by atoms with van der Waals surface area (Å²) in [7, 11) is -1.66. The van der Waals surface area contributed by atoms with E-state index in [9.17, 15) is 0 Å². The van der Waals surface area contributed by atoms with Crippen molar-refractivity contribution in [2.75, 3.05) is 0 Å². The van der Waals surface area contributed by atoms with E-state index in [4.69, 9.17) is 10.0 Å². The Morgan fingerprint density at radius 3 is 2.62 bits per heavy atom. The van der Waals surface area contributed by atoms with Gasteiger partial charge in [0, 0.05) is 0 Å². The highest BCUT2D eigenvalue weighted by molar-refractivity contribution is 6.55. The topological polar surface area (TPSA) is 79.4 Å². The highest BCUT2D eigenvalue weighted by Gasteiger charge is 2.16. The first kappa shape index (κ1) is 5.27. The average molecular weight is 114 g/mol. The van der Waals surface area contributed by atoms with Gasteiger partial charge in [-0.05, 0) is 0 Å². The molecule has 0 aliphatic rings. The maximum Gasteiger partial charge on any atom is 0.551 e. The van der Waals surface area contributed by atoms with Crippen LogP contribution in [0.15, 0.2) is 10.8 Å². The summed E-state index contributed by atoms with van der Waals surface area (Å²) in [6.45, 7) is 0. The summed E-state index contributed by atoms with van der Waals surface area (Å²) in [5.41, 5.74) is 0. The van der Waals surface area contributed by atoms with Crippen LogP contribution >= 0.6 is 0 Å². The second kappa shape index (κ2) is 1.93. The van der Waals surface area contributed by atoms with E-state index in [1.807, 2.05) is 0 Å². The average Bonchev–Trinajstić information content (AvgIpc) is 2.12. The molecule has 6 heteroatoms. The molecule has 8 heavy (non-hydrogen) atoms. The van der Waals surface area contributed by atoms with Gasteiger partial charge in [0.2, 0.25) is 12.2 Å². The molecule has 0 fully saturated rings. The molecule has 0 unspecified atom stereocenters. The van der Waals surface area contributed by atoms with Crippen molar-refractivity contribution in [2.45, 2.75) is 0 Å². The number of nitrogens with zero attached hydrogens (tertiary/aromatic N) is 2. The minimum absolute atomic E-state index is 0.190. The molecule has 0 radical (unpaired) electrons. The maximum absolute atomic E-state index is 8.27. The van der Waals surface area contributed by atoms with Gasteiger partial charge in [-0.1, -0.05) is 0 Å². The minimum atomic E-state index is -1.66. The Bertz CT molecular complexity index is 150. The van der Waals surface area contributed by atoms with E-state index < -0.39 is 7.12 Å². The molecule has 0 saturated heterocycles. The third-order valence-corrected chi connectivity index (χ3v) is 0.598. The van der Waals surface area contributed by atoms with Crippen LogP contribution in [0.25, 0.3) is 0 Å². The summed E-state index contributed by atoms with van der Waals surface area (Å²) in [5, 5.41) is 22.9. The van der Waals surface area contributed by atoms with E-state index in [1.165, 1.54) is 0 Å². The van der Waals surface area contributed by atoms with Crippen LogP contribution < -0.4 is 5.79 Å². The monoisotopic (exact) mass is 114 g/mol. The summed E-state index contributed by atoms with van der Waals surface area (Å²) in [5.74, 6) is -0.190. The van der Waals surface area contributed by atoms with E-state index in [1.54, 1.807) is 0 Å². The lowest BCUT2D eigenvalue weighted by Gasteiger charge is -1.83. The molecule has 1 aromatic rings. The molecule has 0 aliphatic carbocycles. The summed E-state index contributed by atoms with van der Waals surface area (Å²) >= 11 is 0. The van der Waals surface area contributed by atoms with Gasteiger partial charge >= 0.3 is 7.12 Å². The van der Waals surface area contributed by atoms with Gasteiger partial charge in [-0.15, -0.1) is 10.2 Å². The predicted octanol–water partition coefficient (Wildman–Crippen LogP) is -2.25. The third kappa shape index (κ3) is 0.851. The van der Waals surface area contributed by atoms with Crippen molar-refractivity contribution in [2.24, 2.45) is 0 Å². The first-order valence-corrected chi connectivity index (χ1v) is 1.93. The molecule has 2 N–H and O–H groups in total. The number of hydrogen-bond acceptors (Lipinski definition) is 5. The van der Waals surface area contributed by atoms with Crippen LogP contribution in [-0.4, -0.2) is 27.4 Å². The maximum atomic E-state index is 8.27. The molecule has 0 spiro atoms.